The van der Waals surface area contributed by atoms with Gasteiger partial charge in [0.15, 0.2) is 0 Å². The smallest absolute Gasteiger partial charge is 0.239 e. The van der Waals surface area contributed by atoms with Crippen molar-refractivity contribution in [2.24, 2.45) is 0 Å². The predicted molar refractivity (Wildman–Crippen MR) is 85.9 cm³/mol. The average Bonchev–Trinajstić information content (AvgIpc) is 2.46. The zero-order valence-electron chi connectivity index (χ0n) is 12.0. The van der Waals surface area contributed by atoms with E-state index < -0.39 is 0 Å². The van der Waals surface area contributed by atoms with E-state index in [9.17, 15) is 9.59 Å². The lowest BCUT2D eigenvalue weighted by Gasteiger charge is -2.22. The van der Waals surface area contributed by atoms with Crippen LogP contribution in [0.3, 0.4) is 0 Å². The van der Waals surface area contributed by atoms with Gasteiger partial charge >= 0.3 is 0 Å². The molecular weight excluding hydrogens is 332 g/mol. The molecule has 4 nitrogen and oxygen atoms in total. The van der Waals surface area contributed by atoms with E-state index in [2.05, 4.69) is 26.6 Å². The molecule has 114 valence electrons. The summed E-state index contributed by atoms with van der Waals surface area (Å²) >= 11 is 3.37. The molecule has 1 aliphatic rings. The summed E-state index contributed by atoms with van der Waals surface area (Å²) < 4.78 is 0.947. The van der Waals surface area contributed by atoms with Gasteiger partial charge in [0.25, 0.3) is 0 Å². The summed E-state index contributed by atoms with van der Waals surface area (Å²) in [6.07, 6.45) is 6.02. The van der Waals surface area contributed by atoms with Gasteiger partial charge in [0.1, 0.15) is 0 Å². The van der Waals surface area contributed by atoms with Crippen molar-refractivity contribution in [3.8, 4) is 0 Å². The summed E-state index contributed by atoms with van der Waals surface area (Å²) in [6.45, 7) is 0.0589. The first kappa shape index (κ1) is 16.0. The highest BCUT2D eigenvalue weighted by molar-refractivity contribution is 9.10. The first-order valence-corrected chi connectivity index (χ1v) is 8.23. The lowest BCUT2D eigenvalue weighted by molar-refractivity contribution is -0.126. The second-order valence-electron chi connectivity index (χ2n) is 5.49. The van der Waals surface area contributed by atoms with Crippen LogP contribution in [0.4, 0.5) is 0 Å². The molecule has 2 N–H and O–H groups in total. The molecule has 1 aromatic carbocycles. The van der Waals surface area contributed by atoms with Crippen LogP contribution in [0, 0.1) is 0 Å². The molecule has 2 amide bonds. The molecule has 0 atom stereocenters. The van der Waals surface area contributed by atoms with E-state index in [1.807, 2.05) is 24.3 Å². The molecule has 2 rings (SSSR count). The van der Waals surface area contributed by atoms with Crippen LogP contribution in [0.5, 0.6) is 0 Å². The molecule has 5 heteroatoms. The van der Waals surface area contributed by atoms with Gasteiger partial charge in [-0.25, -0.2) is 0 Å². The number of halogens is 1. The minimum atomic E-state index is -0.133. The third-order valence-corrected chi connectivity index (χ3v) is 4.16. The van der Waals surface area contributed by atoms with Gasteiger partial charge < -0.3 is 10.6 Å². The van der Waals surface area contributed by atoms with Gasteiger partial charge in [0, 0.05) is 10.5 Å². The Bertz CT molecular complexity index is 499. The van der Waals surface area contributed by atoms with Crippen LogP contribution in [-0.4, -0.2) is 24.4 Å². The van der Waals surface area contributed by atoms with Gasteiger partial charge in [-0.05, 0) is 30.5 Å². The standard InChI is InChI=1S/C16H21BrN2O2/c17-13-6-4-5-12(9-13)10-15(20)18-11-16(21)19-14-7-2-1-3-8-14/h4-6,9,14H,1-3,7-8,10-11H2,(H,18,20)(H,19,21). The summed E-state index contributed by atoms with van der Waals surface area (Å²) in [6, 6.07) is 7.89. The Morgan fingerprint density at radius 1 is 1.14 bits per heavy atom. The minimum Gasteiger partial charge on any atom is -0.352 e. The SMILES string of the molecule is O=C(Cc1cccc(Br)c1)NCC(=O)NC1CCCCC1. The number of rotatable bonds is 5. The average molecular weight is 353 g/mol. The van der Waals surface area contributed by atoms with Crippen molar-refractivity contribution in [3.63, 3.8) is 0 Å². The molecule has 1 aromatic rings. The van der Waals surface area contributed by atoms with E-state index >= 15 is 0 Å². The zero-order chi connectivity index (χ0) is 15.1. The van der Waals surface area contributed by atoms with Crippen molar-refractivity contribution in [2.45, 2.75) is 44.6 Å². The highest BCUT2D eigenvalue weighted by atomic mass is 79.9. The van der Waals surface area contributed by atoms with Crippen LogP contribution in [-0.2, 0) is 16.0 Å². The molecule has 0 bridgehead atoms. The van der Waals surface area contributed by atoms with Crippen molar-refractivity contribution in [2.75, 3.05) is 6.54 Å². The summed E-state index contributed by atoms with van der Waals surface area (Å²) in [5, 5.41) is 5.66. The highest BCUT2D eigenvalue weighted by Crippen LogP contribution is 2.17. The quantitative estimate of drug-likeness (QED) is 0.855. The van der Waals surface area contributed by atoms with Gasteiger partial charge in [-0.3, -0.25) is 9.59 Å². The molecule has 1 saturated carbocycles. The van der Waals surface area contributed by atoms with Gasteiger partial charge in [0.2, 0.25) is 11.8 Å². The fraction of sp³-hybridized carbons (Fsp3) is 0.500. The highest BCUT2D eigenvalue weighted by Gasteiger charge is 2.15. The molecule has 0 aliphatic heterocycles. The molecule has 0 saturated heterocycles. The van der Waals surface area contributed by atoms with Crippen LogP contribution in [0.2, 0.25) is 0 Å². The number of hydrogen-bond donors (Lipinski definition) is 2. The van der Waals surface area contributed by atoms with Crippen molar-refractivity contribution in [1.29, 1.82) is 0 Å². The third kappa shape index (κ3) is 5.87. The number of carbonyl (C=O) groups is 2. The van der Waals surface area contributed by atoms with E-state index in [-0.39, 0.29) is 30.8 Å². The van der Waals surface area contributed by atoms with Crippen molar-refractivity contribution in [1.82, 2.24) is 10.6 Å². The molecule has 0 aromatic heterocycles. The molecule has 0 heterocycles. The van der Waals surface area contributed by atoms with Crippen LogP contribution < -0.4 is 10.6 Å². The largest absolute Gasteiger partial charge is 0.352 e. The lowest BCUT2D eigenvalue weighted by atomic mass is 9.95. The number of amides is 2. The monoisotopic (exact) mass is 352 g/mol. The van der Waals surface area contributed by atoms with E-state index in [1.165, 1.54) is 19.3 Å². The molecule has 21 heavy (non-hydrogen) atoms. The Balaban J connectivity index is 1.69. The first-order chi connectivity index (χ1) is 10.1. The lowest BCUT2D eigenvalue weighted by Crippen LogP contribution is -2.43. The number of hydrogen-bond acceptors (Lipinski definition) is 2. The summed E-state index contributed by atoms with van der Waals surface area (Å²) in [4.78, 5) is 23.6. The van der Waals surface area contributed by atoms with Crippen molar-refractivity contribution < 1.29 is 9.59 Å². The zero-order valence-corrected chi connectivity index (χ0v) is 13.6. The van der Waals surface area contributed by atoms with Gasteiger partial charge in [-0.15, -0.1) is 0 Å². The normalized spacial score (nSPS) is 15.5. The second kappa shape index (κ2) is 8.17. The summed E-state index contributed by atoms with van der Waals surface area (Å²) in [7, 11) is 0. The number of benzene rings is 1. The van der Waals surface area contributed by atoms with Crippen molar-refractivity contribution in [3.05, 3.63) is 34.3 Å². The first-order valence-electron chi connectivity index (χ1n) is 7.44. The summed E-state index contributed by atoms with van der Waals surface area (Å²) in [5.74, 6) is -0.226. The van der Waals surface area contributed by atoms with E-state index in [4.69, 9.17) is 0 Å². The van der Waals surface area contributed by atoms with Gasteiger partial charge in [-0.2, -0.15) is 0 Å². The van der Waals surface area contributed by atoms with Crippen LogP contribution in [0.15, 0.2) is 28.7 Å². The van der Waals surface area contributed by atoms with Gasteiger partial charge in [-0.1, -0.05) is 47.3 Å². The molecule has 1 aliphatic carbocycles. The Kier molecular flexibility index (Phi) is 6.23. The van der Waals surface area contributed by atoms with Crippen LogP contribution in [0.25, 0.3) is 0 Å². The third-order valence-electron chi connectivity index (χ3n) is 3.67. The molecule has 1 fully saturated rings. The van der Waals surface area contributed by atoms with E-state index in [0.29, 0.717) is 0 Å². The molecule has 0 unspecified atom stereocenters. The predicted octanol–water partition coefficient (Wildman–Crippen LogP) is 2.56. The topological polar surface area (TPSA) is 58.2 Å². The van der Waals surface area contributed by atoms with Crippen LogP contribution >= 0.6 is 15.9 Å². The molecule has 0 radical (unpaired) electrons. The maximum atomic E-state index is 11.8. The second-order valence-corrected chi connectivity index (χ2v) is 6.40. The summed E-state index contributed by atoms with van der Waals surface area (Å²) in [5.41, 5.74) is 0.926. The Labute approximate surface area is 133 Å². The Morgan fingerprint density at radius 2 is 1.90 bits per heavy atom. The maximum absolute atomic E-state index is 11.8. The van der Waals surface area contributed by atoms with Gasteiger partial charge in [0.05, 0.1) is 13.0 Å². The Hall–Kier alpha value is -1.36. The number of carbonyl (C=O) groups excluding carboxylic acids is 2. The fourth-order valence-corrected chi connectivity index (χ4v) is 3.05. The Morgan fingerprint density at radius 3 is 2.62 bits per heavy atom. The molecular formula is C16H21BrN2O2. The molecule has 0 spiro atoms. The maximum Gasteiger partial charge on any atom is 0.239 e. The van der Waals surface area contributed by atoms with E-state index in [0.717, 1.165) is 22.9 Å². The van der Waals surface area contributed by atoms with Crippen molar-refractivity contribution >= 4 is 27.7 Å². The fourth-order valence-electron chi connectivity index (χ4n) is 2.60. The number of nitrogens with one attached hydrogen (secondary N) is 2. The van der Waals surface area contributed by atoms with Crippen LogP contribution in [0.1, 0.15) is 37.7 Å². The minimum absolute atomic E-state index is 0.0589. The van der Waals surface area contributed by atoms with E-state index in [1.54, 1.807) is 0 Å².